The molecular formula is C21H29N3OS. The predicted molar refractivity (Wildman–Crippen MR) is 108 cm³/mol. The zero-order valence-electron chi connectivity index (χ0n) is 15.9. The van der Waals surface area contributed by atoms with Gasteiger partial charge < -0.3 is 5.32 Å². The number of thiophene rings is 1. The summed E-state index contributed by atoms with van der Waals surface area (Å²) < 4.78 is 0. The summed E-state index contributed by atoms with van der Waals surface area (Å²) in [6.45, 7) is 5.18. The normalized spacial score (nSPS) is 17.4. The molecule has 1 N–H and O–H groups in total. The number of nitrogens with one attached hydrogen (secondary N) is 1. The molecule has 0 spiro atoms. The Balaban J connectivity index is 1.56. The number of carbonyl (C=O) groups is 1. The molecule has 0 unspecified atom stereocenters. The molecular weight excluding hydrogens is 342 g/mol. The van der Waals surface area contributed by atoms with Crippen LogP contribution in [0, 0.1) is 6.92 Å². The fourth-order valence-electron chi connectivity index (χ4n) is 3.69. The predicted octanol–water partition coefficient (Wildman–Crippen LogP) is 3.44. The van der Waals surface area contributed by atoms with Crippen LogP contribution < -0.4 is 5.32 Å². The molecule has 1 atom stereocenters. The standard InChI is InChI=1S/C21H29N3OS/c1-16-7-4-5-9-19(16)20(23(2)3)21(25)22-17-10-12-24(13-11-17)15-18-8-6-14-26-18/h4-9,14,17,20H,10-13,15H2,1-3H3,(H,22,25)/t20-/m1/s1. The molecule has 1 fully saturated rings. The Morgan fingerprint density at radius 3 is 2.58 bits per heavy atom. The van der Waals surface area contributed by atoms with E-state index in [0.717, 1.165) is 43.6 Å². The van der Waals surface area contributed by atoms with Crippen LogP contribution in [-0.2, 0) is 11.3 Å². The molecule has 3 rings (SSSR count). The topological polar surface area (TPSA) is 35.6 Å². The molecule has 1 aliphatic rings. The molecule has 0 saturated carbocycles. The van der Waals surface area contributed by atoms with Crippen molar-refractivity contribution in [3.8, 4) is 0 Å². The van der Waals surface area contributed by atoms with Crippen LogP contribution in [0.2, 0.25) is 0 Å². The summed E-state index contributed by atoms with van der Waals surface area (Å²) in [5.74, 6) is 0.112. The van der Waals surface area contributed by atoms with Crippen LogP contribution in [0.4, 0.5) is 0 Å². The Kier molecular flexibility index (Phi) is 6.46. The Morgan fingerprint density at radius 2 is 1.96 bits per heavy atom. The number of benzene rings is 1. The fourth-order valence-corrected chi connectivity index (χ4v) is 4.43. The number of rotatable bonds is 6. The molecule has 0 aliphatic carbocycles. The van der Waals surface area contributed by atoms with Gasteiger partial charge in [0, 0.05) is 30.6 Å². The summed E-state index contributed by atoms with van der Waals surface area (Å²) in [6.07, 6.45) is 2.04. The molecule has 2 aromatic rings. The first kappa shape index (κ1) is 19.1. The molecule has 0 radical (unpaired) electrons. The van der Waals surface area contributed by atoms with Gasteiger partial charge in [-0.2, -0.15) is 0 Å². The van der Waals surface area contributed by atoms with E-state index in [1.165, 1.54) is 4.88 Å². The van der Waals surface area contributed by atoms with Crippen LogP contribution in [0.25, 0.3) is 0 Å². The number of hydrogen-bond donors (Lipinski definition) is 1. The SMILES string of the molecule is Cc1ccccc1[C@H](C(=O)NC1CCN(Cc2cccs2)CC1)N(C)C. The first-order valence-electron chi connectivity index (χ1n) is 9.31. The lowest BCUT2D eigenvalue weighted by molar-refractivity contribution is -0.126. The van der Waals surface area contributed by atoms with Crippen molar-refractivity contribution >= 4 is 17.2 Å². The maximum Gasteiger partial charge on any atom is 0.242 e. The second-order valence-corrected chi connectivity index (χ2v) is 8.39. The van der Waals surface area contributed by atoms with Crippen LogP contribution in [0.3, 0.4) is 0 Å². The van der Waals surface area contributed by atoms with E-state index in [1.54, 1.807) is 0 Å². The molecule has 1 saturated heterocycles. The van der Waals surface area contributed by atoms with Crippen molar-refractivity contribution in [2.45, 2.75) is 38.4 Å². The molecule has 1 amide bonds. The second-order valence-electron chi connectivity index (χ2n) is 7.36. The number of aryl methyl sites for hydroxylation is 1. The van der Waals surface area contributed by atoms with Crippen LogP contribution in [0.1, 0.15) is 34.9 Å². The maximum atomic E-state index is 13.0. The summed E-state index contributed by atoms with van der Waals surface area (Å²) in [4.78, 5) is 18.9. The highest BCUT2D eigenvalue weighted by molar-refractivity contribution is 7.09. The van der Waals surface area contributed by atoms with E-state index in [1.807, 2.05) is 42.5 Å². The van der Waals surface area contributed by atoms with Gasteiger partial charge in [0.05, 0.1) is 0 Å². The molecule has 1 aromatic heterocycles. The van der Waals surface area contributed by atoms with Gasteiger partial charge in [-0.05, 0) is 56.4 Å². The zero-order chi connectivity index (χ0) is 18.5. The first-order chi connectivity index (χ1) is 12.5. The van der Waals surface area contributed by atoms with E-state index in [-0.39, 0.29) is 18.0 Å². The number of likely N-dealkylation sites (N-methyl/N-ethyl adjacent to an activating group) is 1. The highest BCUT2D eigenvalue weighted by Crippen LogP contribution is 2.23. The Bertz CT molecular complexity index is 706. The molecule has 1 aliphatic heterocycles. The monoisotopic (exact) mass is 371 g/mol. The molecule has 140 valence electrons. The number of piperidine rings is 1. The van der Waals surface area contributed by atoms with Crippen molar-refractivity contribution < 1.29 is 4.79 Å². The number of carbonyl (C=O) groups excluding carboxylic acids is 1. The van der Waals surface area contributed by atoms with Crippen molar-refractivity contribution in [1.82, 2.24) is 15.1 Å². The van der Waals surface area contributed by atoms with Crippen molar-refractivity contribution in [2.24, 2.45) is 0 Å². The van der Waals surface area contributed by atoms with Gasteiger partial charge in [0.1, 0.15) is 6.04 Å². The van der Waals surface area contributed by atoms with E-state index >= 15 is 0 Å². The van der Waals surface area contributed by atoms with Gasteiger partial charge in [0.2, 0.25) is 5.91 Å². The van der Waals surface area contributed by atoms with Gasteiger partial charge in [0.25, 0.3) is 0 Å². The van der Waals surface area contributed by atoms with Crippen LogP contribution >= 0.6 is 11.3 Å². The van der Waals surface area contributed by atoms with E-state index in [9.17, 15) is 4.79 Å². The quantitative estimate of drug-likeness (QED) is 0.845. The van der Waals surface area contributed by atoms with Crippen LogP contribution in [0.15, 0.2) is 41.8 Å². The second kappa shape index (κ2) is 8.80. The highest BCUT2D eigenvalue weighted by Gasteiger charge is 2.28. The summed E-state index contributed by atoms with van der Waals surface area (Å²) in [6, 6.07) is 12.5. The summed E-state index contributed by atoms with van der Waals surface area (Å²) in [5.41, 5.74) is 2.25. The summed E-state index contributed by atoms with van der Waals surface area (Å²) in [5, 5.41) is 5.43. The van der Waals surface area contributed by atoms with E-state index in [2.05, 4.69) is 46.8 Å². The third kappa shape index (κ3) is 4.72. The van der Waals surface area contributed by atoms with Crippen molar-refractivity contribution in [3.05, 3.63) is 57.8 Å². The average molecular weight is 372 g/mol. The van der Waals surface area contributed by atoms with Crippen LogP contribution in [0.5, 0.6) is 0 Å². The Morgan fingerprint density at radius 1 is 1.23 bits per heavy atom. The van der Waals surface area contributed by atoms with E-state index < -0.39 is 0 Å². The zero-order valence-corrected chi connectivity index (χ0v) is 16.8. The molecule has 4 nitrogen and oxygen atoms in total. The highest BCUT2D eigenvalue weighted by atomic mass is 32.1. The molecule has 26 heavy (non-hydrogen) atoms. The fraction of sp³-hybridized carbons (Fsp3) is 0.476. The van der Waals surface area contributed by atoms with Gasteiger partial charge in [-0.1, -0.05) is 30.3 Å². The summed E-state index contributed by atoms with van der Waals surface area (Å²) >= 11 is 1.82. The summed E-state index contributed by atoms with van der Waals surface area (Å²) in [7, 11) is 3.95. The lowest BCUT2D eigenvalue weighted by atomic mass is 9.98. The van der Waals surface area contributed by atoms with Gasteiger partial charge in [-0.3, -0.25) is 14.6 Å². The van der Waals surface area contributed by atoms with Gasteiger partial charge in [-0.25, -0.2) is 0 Å². The smallest absolute Gasteiger partial charge is 0.242 e. The van der Waals surface area contributed by atoms with E-state index in [4.69, 9.17) is 0 Å². The Labute approximate surface area is 160 Å². The minimum atomic E-state index is -0.236. The molecule has 0 bridgehead atoms. The van der Waals surface area contributed by atoms with Crippen molar-refractivity contribution in [1.29, 1.82) is 0 Å². The number of amides is 1. The molecule has 2 heterocycles. The van der Waals surface area contributed by atoms with Crippen molar-refractivity contribution in [3.63, 3.8) is 0 Å². The van der Waals surface area contributed by atoms with Gasteiger partial charge in [-0.15, -0.1) is 11.3 Å². The van der Waals surface area contributed by atoms with Crippen LogP contribution in [-0.4, -0.2) is 48.9 Å². The number of hydrogen-bond acceptors (Lipinski definition) is 4. The van der Waals surface area contributed by atoms with Gasteiger partial charge >= 0.3 is 0 Å². The average Bonchev–Trinajstić information content (AvgIpc) is 3.11. The minimum Gasteiger partial charge on any atom is -0.352 e. The lowest BCUT2D eigenvalue weighted by Crippen LogP contribution is -2.47. The Hall–Kier alpha value is -1.69. The molecule has 1 aromatic carbocycles. The maximum absolute atomic E-state index is 13.0. The lowest BCUT2D eigenvalue weighted by Gasteiger charge is -2.34. The minimum absolute atomic E-state index is 0.112. The van der Waals surface area contributed by atoms with E-state index in [0.29, 0.717) is 0 Å². The number of nitrogens with zero attached hydrogens (tertiary/aromatic N) is 2. The largest absolute Gasteiger partial charge is 0.352 e. The molecule has 5 heteroatoms. The third-order valence-electron chi connectivity index (χ3n) is 5.14. The first-order valence-corrected chi connectivity index (χ1v) is 10.2. The van der Waals surface area contributed by atoms with Gasteiger partial charge in [0.15, 0.2) is 0 Å². The van der Waals surface area contributed by atoms with Crippen molar-refractivity contribution in [2.75, 3.05) is 27.2 Å². The third-order valence-corrected chi connectivity index (χ3v) is 6.00. The number of likely N-dealkylation sites (tertiary alicyclic amines) is 1.